The van der Waals surface area contributed by atoms with Gasteiger partial charge in [0.1, 0.15) is 0 Å². The van der Waals surface area contributed by atoms with E-state index >= 15 is 0 Å². The molecule has 1 saturated heterocycles. The van der Waals surface area contributed by atoms with E-state index in [2.05, 4.69) is 6.92 Å². The van der Waals surface area contributed by atoms with Crippen LogP contribution in [-0.4, -0.2) is 44.2 Å². The molecule has 0 aromatic heterocycles. The lowest BCUT2D eigenvalue weighted by Crippen LogP contribution is -2.49. The monoisotopic (exact) mass is 292 g/mol. The number of rotatable bonds is 4. The van der Waals surface area contributed by atoms with Gasteiger partial charge in [0.25, 0.3) is 5.91 Å². The van der Waals surface area contributed by atoms with Crippen LogP contribution in [0, 0.1) is 5.92 Å². The third-order valence-corrected chi connectivity index (χ3v) is 4.14. The zero-order chi connectivity index (χ0) is 15.4. The van der Waals surface area contributed by atoms with Crippen molar-refractivity contribution in [1.82, 2.24) is 4.90 Å². The van der Waals surface area contributed by atoms with Crippen LogP contribution in [0.5, 0.6) is 11.5 Å². The van der Waals surface area contributed by atoms with E-state index < -0.39 is 0 Å². The van der Waals surface area contributed by atoms with Gasteiger partial charge in [0.2, 0.25) is 0 Å². The number of hydrogen-bond donors (Lipinski definition) is 1. The Balaban J connectivity index is 2.31. The fraction of sp³-hybridized carbons (Fsp3) is 0.562. The molecule has 2 N–H and O–H groups in total. The van der Waals surface area contributed by atoms with Crippen LogP contribution in [0.4, 0.5) is 0 Å². The Morgan fingerprint density at radius 3 is 2.76 bits per heavy atom. The molecule has 2 unspecified atom stereocenters. The van der Waals surface area contributed by atoms with Crippen molar-refractivity contribution >= 4 is 5.91 Å². The second kappa shape index (κ2) is 6.80. The summed E-state index contributed by atoms with van der Waals surface area (Å²) in [6.45, 7) is 3.43. The van der Waals surface area contributed by atoms with Gasteiger partial charge in [-0.3, -0.25) is 4.79 Å². The normalized spacial score (nSPS) is 22.0. The molecule has 5 nitrogen and oxygen atoms in total. The molecule has 0 saturated carbocycles. The third-order valence-electron chi connectivity index (χ3n) is 4.14. The van der Waals surface area contributed by atoms with E-state index in [0.717, 1.165) is 19.4 Å². The van der Waals surface area contributed by atoms with Crippen molar-refractivity contribution in [3.8, 4) is 11.5 Å². The zero-order valence-electron chi connectivity index (χ0n) is 13.0. The molecule has 2 atom stereocenters. The van der Waals surface area contributed by atoms with E-state index in [1.54, 1.807) is 32.4 Å². The number of carbonyl (C=O) groups is 1. The molecule has 0 bridgehead atoms. The molecule has 1 amide bonds. The van der Waals surface area contributed by atoms with Gasteiger partial charge >= 0.3 is 0 Å². The van der Waals surface area contributed by atoms with Gasteiger partial charge in [-0.05, 0) is 30.9 Å². The molecule has 1 aromatic carbocycles. The predicted molar refractivity (Wildman–Crippen MR) is 81.8 cm³/mol. The summed E-state index contributed by atoms with van der Waals surface area (Å²) in [4.78, 5) is 14.7. The SMILES string of the molecule is COc1cccc(C(=O)N2CCC(C)CC2CN)c1OC. The Hall–Kier alpha value is -1.75. The Morgan fingerprint density at radius 2 is 2.14 bits per heavy atom. The molecular weight excluding hydrogens is 268 g/mol. The highest BCUT2D eigenvalue weighted by molar-refractivity contribution is 5.98. The van der Waals surface area contributed by atoms with Crippen molar-refractivity contribution < 1.29 is 14.3 Å². The molecule has 1 aromatic rings. The Labute approximate surface area is 126 Å². The van der Waals surface area contributed by atoms with Crippen LogP contribution in [0.25, 0.3) is 0 Å². The summed E-state index contributed by atoms with van der Waals surface area (Å²) < 4.78 is 10.6. The standard InChI is InChI=1S/C16H24N2O3/c1-11-7-8-18(12(9-11)10-17)16(19)13-5-4-6-14(20-2)15(13)21-3/h4-6,11-12H,7-10,17H2,1-3H3. The lowest BCUT2D eigenvalue weighted by atomic mass is 9.92. The second-order valence-electron chi connectivity index (χ2n) is 5.56. The summed E-state index contributed by atoms with van der Waals surface area (Å²) in [5, 5.41) is 0. The first-order valence-corrected chi connectivity index (χ1v) is 7.34. The molecule has 0 spiro atoms. The van der Waals surface area contributed by atoms with Gasteiger partial charge in [0.05, 0.1) is 19.8 Å². The highest BCUT2D eigenvalue weighted by Gasteiger charge is 2.31. The predicted octanol–water partition coefficient (Wildman–Crippen LogP) is 1.90. The second-order valence-corrected chi connectivity index (χ2v) is 5.56. The number of likely N-dealkylation sites (tertiary alicyclic amines) is 1. The minimum absolute atomic E-state index is 0.0342. The number of hydrogen-bond acceptors (Lipinski definition) is 4. The van der Waals surface area contributed by atoms with Crippen molar-refractivity contribution in [2.45, 2.75) is 25.8 Å². The van der Waals surface area contributed by atoms with Crippen LogP contribution in [0.3, 0.4) is 0 Å². The first-order chi connectivity index (χ1) is 10.1. The van der Waals surface area contributed by atoms with Crippen molar-refractivity contribution in [2.75, 3.05) is 27.3 Å². The summed E-state index contributed by atoms with van der Waals surface area (Å²) >= 11 is 0. The van der Waals surface area contributed by atoms with Crippen molar-refractivity contribution in [2.24, 2.45) is 11.7 Å². The highest BCUT2D eigenvalue weighted by atomic mass is 16.5. The molecule has 116 valence electrons. The fourth-order valence-corrected chi connectivity index (χ4v) is 2.95. The van der Waals surface area contributed by atoms with Gasteiger partial charge in [-0.1, -0.05) is 13.0 Å². The maximum absolute atomic E-state index is 12.9. The Bertz CT molecular complexity index is 504. The van der Waals surface area contributed by atoms with Gasteiger partial charge < -0.3 is 20.1 Å². The molecule has 21 heavy (non-hydrogen) atoms. The molecule has 2 rings (SSSR count). The lowest BCUT2D eigenvalue weighted by Gasteiger charge is -2.38. The number of ether oxygens (including phenoxy) is 2. The number of methoxy groups -OCH3 is 2. The summed E-state index contributed by atoms with van der Waals surface area (Å²) in [6.07, 6.45) is 1.96. The van der Waals surface area contributed by atoms with Gasteiger partial charge in [-0.25, -0.2) is 0 Å². The Kier molecular flexibility index (Phi) is 5.07. The lowest BCUT2D eigenvalue weighted by molar-refractivity contribution is 0.0570. The average Bonchev–Trinajstić information content (AvgIpc) is 2.53. The molecule has 1 aliphatic heterocycles. The van der Waals surface area contributed by atoms with Crippen LogP contribution in [-0.2, 0) is 0 Å². The number of nitrogens with zero attached hydrogens (tertiary/aromatic N) is 1. The number of benzene rings is 1. The highest BCUT2D eigenvalue weighted by Crippen LogP contribution is 2.33. The Morgan fingerprint density at radius 1 is 1.38 bits per heavy atom. The summed E-state index contributed by atoms with van der Waals surface area (Å²) in [7, 11) is 3.12. The first-order valence-electron chi connectivity index (χ1n) is 7.34. The fourth-order valence-electron chi connectivity index (χ4n) is 2.95. The topological polar surface area (TPSA) is 64.8 Å². The maximum Gasteiger partial charge on any atom is 0.258 e. The molecule has 0 radical (unpaired) electrons. The third kappa shape index (κ3) is 3.13. The first kappa shape index (κ1) is 15.6. The van der Waals surface area contributed by atoms with E-state index in [0.29, 0.717) is 29.5 Å². The van der Waals surface area contributed by atoms with Crippen LogP contribution in [0.1, 0.15) is 30.1 Å². The van der Waals surface area contributed by atoms with Gasteiger partial charge in [-0.2, -0.15) is 0 Å². The molecule has 1 heterocycles. The number of carbonyl (C=O) groups excluding carboxylic acids is 1. The largest absolute Gasteiger partial charge is 0.493 e. The number of piperidine rings is 1. The molecule has 0 aliphatic carbocycles. The summed E-state index contributed by atoms with van der Waals surface area (Å²) in [6, 6.07) is 5.46. The molecule has 1 aliphatic rings. The van der Waals surface area contributed by atoms with E-state index in [1.165, 1.54) is 0 Å². The molecule has 1 fully saturated rings. The van der Waals surface area contributed by atoms with E-state index in [-0.39, 0.29) is 11.9 Å². The van der Waals surface area contributed by atoms with Crippen LogP contribution in [0.2, 0.25) is 0 Å². The number of amides is 1. The zero-order valence-corrected chi connectivity index (χ0v) is 13.0. The van der Waals surface area contributed by atoms with Crippen molar-refractivity contribution in [1.29, 1.82) is 0 Å². The maximum atomic E-state index is 12.9. The van der Waals surface area contributed by atoms with Gasteiger partial charge in [-0.15, -0.1) is 0 Å². The van der Waals surface area contributed by atoms with Gasteiger partial charge in [0.15, 0.2) is 11.5 Å². The van der Waals surface area contributed by atoms with E-state index in [9.17, 15) is 4.79 Å². The van der Waals surface area contributed by atoms with Crippen LogP contribution < -0.4 is 15.2 Å². The number of nitrogens with two attached hydrogens (primary N) is 1. The van der Waals surface area contributed by atoms with E-state index in [1.807, 2.05) is 4.90 Å². The van der Waals surface area contributed by atoms with Crippen molar-refractivity contribution in [3.63, 3.8) is 0 Å². The number of para-hydroxylation sites is 1. The van der Waals surface area contributed by atoms with Crippen LogP contribution in [0.15, 0.2) is 18.2 Å². The molecule has 5 heteroatoms. The van der Waals surface area contributed by atoms with Crippen molar-refractivity contribution in [3.05, 3.63) is 23.8 Å². The summed E-state index contributed by atoms with van der Waals surface area (Å²) in [5.74, 6) is 1.63. The quantitative estimate of drug-likeness (QED) is 0.920. The molecular formula is C16H24N2O3. The minimum Gasteiger partial charge on any atom is -0.493 e. The summed E-state index contributed by atoms with van der Waals surface area (Å²) in [5.41, 5.74) is 6.38. The van der Waals surface area contributed by atoms with Crippen LogP contribution >= 0.6 is 0 Å². The van der Waals surface area contributed by atoms with Gasteiger partial charge in [0, 0.05) is 19.1 Å². The minimum atomic E-state index is -0.0342. The van der Waals surface area contributed by atoms with E-state index in [4.69, 9.17) is 15.2 Å². The average molecular weight is 292 g/mol. The smallest absolute Gasteiger partial charge is 0.258 e.